The van der Waals surface area contributed by atoms with Gasteiger partial charge in [-0.15, -0.1) is 0 Å². The van der Waals surface area contributed by atoms with Gasteiger partial charge in [0.2, 0.25) is 5.91 Å². The van der Waals surface area contributed by atoms with Crippen LogP contribution in [0.1, 0.15) is 23.7 Å². The topological polar surface area (TPSA) is 49.4 Å². The Bertz CT molecular complexity index is 578. The minimum Gasteiger partial charge on any atom is -0.325 e. The summed E-state index contributed by atoms with van der Waals surface area (Å²) in [5, 5.41) is 3.69. The van der Waals surface area contributed by atoms with Crippen LogP contribution in [0.15, 0.2) is 18.2 Å². The van der Waals surface area contributed by atoms with E-state index in [4.69, 9.17) is 11.6 Å². The van der Waals surface area contributed by atoms with Crippen LogP contribution in [0.2, 0.25) is 5.02 Å². The SMILES string of the molecule is CCS[C@H]1C[C@H]2C(=O)Nc3cc(Cl)ccc3C(=O)N2C1. The molecule has 0 bridgehead atoms. The van der Waals surface area contributed by atoms with Gasteiger partial charge in [0, 0.05) is 16.8 Å². The van der Waals surface area contributed by atoms with Crippen molar-refractivity contribution in [1.29, 1.82) is 0 Å². The summed E-state index contributed by atoms with van der Waals surface area (Å²) in [4.78, 5) is 26.6. The van der Waals surface area contributed by atoms with E-state index in [1.165, 1.54) is 0 Å². The summed E-state index contributed by atoms with van der Waals surface area (Å²) in [6.07, 6.45) is 0.720. The van der Waals surface area contributed by atoms with Gasteiger partial charge in [-0.05, 0) is 30.4 Å². The van der Waals surface area contributed by atoms with Crippen LogP contribution in [0.25, 0.3) is 0 Å². The van der Waals surface area contributed by atoms with Crippen molar-refractivity contribution in [2.24, 2.45) is 0 Å². The maximum atomic E-state index is 12.6. The highest BCUT2D eigenvalue weighted by Gasteiger charge is 2.42. The highest BCUT2D eigenvalue weighted by Crippen LogP contribution is 2.34. The van der Waals surface area contributed by atoms with E-state index in [1.54, 1.807) is 34.9 Å². The number of rotatable bonds is 2. The molecule has 0 saturated carbocycles. The van der Waals surface area contributed by atoms with Gasteiger partial charge in [-0.2, -0.15) is 11.8 Å². The van der Waals surface area contributed by atoms with Crippen molar-refractivity contribution >= 4 is 40.9 Å². The molecule has 20 heavy (non-hydrogen) atoms. The molecule has 2 aliphatic heterocycles. The summed E-state index contributed by atoms with van der Waals surface area (Å²) < 4.78 is 0. The van der Waals surface area contributed by atoms with E-state index in [0.717, 1.165) is 12.2 Å². The number of halogens is 1. The lowest BCUT2D eigenvalue weighted by Gasteiger charge is -2.19. The summed E-state index contributed by atoms with van der Waals surface area (Å²) in [6.45, 7) is 2.73. The summed E-state index contributed by atoms with van der Waals surface area (Å²) in [6, 6.07) is 4.63. The molecule has 0 radical (unpaired) electrons. The van der Waals surface area contributed by atoms with Gasteiger partial charge in [0.1, 0.15) is 6.04 Å². The molecule has 1 N–H and O–H groups in total. The zero-order chi connectivity index (χ0) is 14.3. The molecule has 0 unspecified atom stereocenters. The van der Waals surface area contributed by atoms with Crippen LogP contribution in [0, 0.1) is 0 Å². The van der Waals surface area contributed by atoms with E-state index < -0.39 is 0 Å². The zero-order valence-corrected chi connectivity index (χ0v) is 12.6. The van der Waals surface area contributed by atoms with E-state index in [1.807, 2.05) is 0 Å². The maximum Gasteiger partial charge on any atom is 0.256 e. The van der Waals surface area contributed by atoms with Crippen LogP contribution in [0.4, 0.5) is 5.69 Å². The smallest absolute Gasteiger partial charge is 0.256 e. The number of fused-ring (bicyclic) bond motifs is 2. The first kappa shape index (κ1) is 13.8. The van der Waals surface area contributed by atoms with E-state index in [-0.39, 0.29) is 17.9 Å². The van der Waals surface area contributed by atoms with Crippen molar-refractivity contribution < 1.29 is 9.59 Å². The molecule has 1 aromatic carbocycles. The Kier molecular flexibility index (Phi) is 3.65. The van der Waals surface area contributed by atoms with Crippen molar-refractivity contribution in [3.63, 3.8) is 0 Å². The zero-order valence-electron chi connectivity index (χ0n) is 11.1. The number of nitrogens with one attached hydrogen (secondary N) is 1. The van der Waals surface area contributed by atoms with Gasteiger partial charge < -0.3 is 10.2 Å². The molecule has 6 heteroatoms. The normalized spacial score (nSPS) is 25.0. The first-order valence-corrected chi connectivity index (χ1v) is 8.05. The average molecular weight is 311 g/mol. The number of anilines is 1. The molecular weight excluding hydrogens is 296 g/mol. The molecule has 2 amide bonds. The minimum atomic E-state index is -0.363. The number of carbonyl (C=O) groups is 2. The molecule has 0 aromatic heterocycles. The van der Waals surface area contributed by atoms with E-state index in [0.29, 0.717) is 28.1 Å². The Morgan fingerprint density at radius 1 is 1.45 bits per heavy atom. The van der Waals surface area contributed by atoms with Crippen molar-refractivity contribution in [1.82, 2.24) is 4.90 Å². The standard InChI is InChI=1S/C14H15ClN2O2S/c1-2-20-9-6-12-13(18)16-11-5-8(15)3-4-10(11)14(19)17(12)7-9/h3-5,9,12H,2,6-7H2,1H3,(H,16,18)/t9-,12-/m0/s1. The van der Waals surface area contributed by atoms with Crippen molar-refractivity contribution in [2.45, 2.75) is 24.6 Å². The van der Waals surface area contributed by atoms with E-state index in [2.05, 4.69) is 12.2 Å². The fourth-order valence-electron chi connectivity index (χ4n) is 2.80. The monoisotopic (exact) mass is 310 g/mol. The number of benzene rings is 1. The largest absolute Gasteiger partial charge is 0.325 e. The number of thioether (sulfide) groups is 1. The van der Waals surface area contributed by atoms with Gasteiger partial charge in [0.25, 0.3) is 5.91 Å². The van der Waals surface area contributed by atoms with Crippen molar-refractivity contribution in [3.05, 3.63) is 28.8 Å². The second kappa shape index (κ2) is 5.30. The summed E-state index contributed by atoms with van der Waals surface area (Å²) in [5.41, 5.74) is 1.04. The number of hydrogen-bond donors (Lipinski definition) is 1. The van der Waals surface area contributed by atoms with Gasteiger partial charge in [-0.1, -0.05) is 18.5 Å². The second-order valence-corrected chi connectivity index (χ2v) is 6.98. The lowest BCUT2D eigenvalue weighted by molar-refractivity contribution is -0.119. The molecule has 4 nitrogen and oxygen atoms in total. The van der Waals surface area contributed by atoms with Crippen molar-refractivity contribution in [3.8, 4) is 0 Å². The maximum absolute atomic E-state index is 12.6. The predicted molar refractivity (Wildman–Crippen MR) is 81.4 cm³/mol. The molecule has 1 saturated heterocycles. The lowest BCUT2D eigenvalue weighted by Crippen LogP contribution is -2.40. The molecule has 2 heterocycles. The second-order valence-electron chi connectivity index (χ2n) is 4.97. The summed E-state index contributed by atoms with van der Waals surface area (Å²) in [7, 11) is 0. The number of carbonyl (C=O) groups excluding carboxylic acids is 2. The van der Waals surface area contributed by atoms with Crippen LogP contribution in [-0.4, -0.2) is 40.3 Å². The summed E-state index contributed by atoms with van der Waals surface area (Å²) >= 11 is 7.74. The number of amides is 2. The Morgan fingerprint density at radius 2 is 2.25 bits per heavy atom. The third-order valence-corrected chi connectivity index (χ3v) is 5.08. The van der Waals surface area contributed by atoms with Gasteiger partial charge in [-0.25, -0.2) is 0 Å². The van der Waals surface area contributed by atoms with E-state index in [9.17, 15) is 9.59 Å². The molecule has 2 atom stereocenters. The summed E-state index contributed by atoms with van der Waals surface area (Å²) in [5.74, 6) is 0.797. The Morgan fingerprint density at radius 3 is 3.00 bits per heavy atom. The first-order valence-electron chi connectivity index (χ1n) is 6.63. The number of hydrogen-bond acceptors (Lipinski definition) is 3. The fraction of sp³-hybridized carbons (Fsp3) is 0.429. The minimum absolute atomic E-state index is 0.0841. The van der Waals surface area contributed by atoms with Crippen LogP contribution in [0.5, 0.6) is 0 Å². The highest BCUT2D eigenvalue weighted by molar-refractivity contribution is 7.99. The fourth-order valence-corrected chi connectivity index (χ4v) is 4.03. The van der Waals surface area contributed by atoms with Gasteiger partial charge in [-0.3, -0.25) is 9.59 Å². The number of nitrogens with zero attached hydrogens (tertiary/aromatic N) is 1. The van der Waals surface area contributed by atoms with Crippen LogP contribution in [-0.2, 0) is 4.79 Å². The molecule has 3 rings (SSSR count). The third kappa shape index (κ3) is 2.29. The molecule has 1 fully saturated rings. The first-order chi connectivity index (χ1) is 9.60. The third-order valence-electron chi connectivity index (χ3n) is 3.70. The molecule has 2 aliphatic rings. The quantitative estimate of drug-likeness (QED) is 0.913. The predicted octanol–water partition coefficient (Wildman–Crippen LogP) is 2.63. The van der Waals surface area contributed by atoms with Crippen molar-refractivity contribution in [2.75, 3.05) is 17.6 Å². The van der Waals surface area contributed by atoms with Gasteiger partial charge in [0.05, 0.1) is 11.3 Å². The average Bonchev–Trinajstić information content (AvgIpc) is 2.79. The molecule has 1 aromatic rings. The van der Waals surface area contributed by atoms with Crippen LogP contribution >= 0.6 is 23.4 Å². The van der Waals surface area contributed by atoms with Crippen LogP contribution < -0.4 is 5.32 Å². The van der Waals surface area contributed by atoms with Gasteiger partial charge >= 0.3 is 0 Å². The van der Waals surface area contributed by atoms with E-state index >= 15 is 0 Å². The highest BCUT2D eigenvalue weighted by atomic mass is 35.5. The molecule has 0 spiro atoms. The Labute approximate surface area is 126 Å². The molecule has 106 valence electrons. The van der Waals surface area contributed by atoms with Crippen LogP contribution in [0.3, 0.4) is 0 Å². The Hall–Kier alpha value is -1.20. The van der Waals surface area contributed by atoms with Gasteiger partial charge in [0.15, 0.2) is 0 Å². The Balaban J connectivity index is 1.96. The lowest BCUT2D eigenvalue weighted by atomic mass is 10.1. The molecule has 0 aliphatic carbocycles. The molecular formula is C14H15ClN2O2S.